The molecule has 0 unspecified atom stereocenters. The van der Waals surface area contributed by atoms with Crippen LogP contribution < -0.4 is 4.90 Å². The zero-order valence-corrected chi connectivity index (χ0v) is 18.5. The molecule has 2 aliphatic heterocycles. The first-order valence-corrected chi connectivity index (χ1v) is 11.8. The minimum atomic E-state index is -0.410. The van der Waals surface area contributed by atoms with Gasteiger partial charge >= 0.3 is 0 Å². The number of likely N-dealkylation sites (tertiary alicyclic amines) is 1. The van der Waals surface area contributed by atoms with Crippen LogP contribution in [0.1, 0.15) is 32.1 Å². The highest BCUT2D eigenvalue weighted by molar-refractivity contribution is 5.97. The van der Waals surface area contributed by atoms with Crippen LogP contribution in [0, 0.1) is 10.1 Å². The second kappa shape index (κ2) is 8.15. The van der Waals surface area contributed by atoms with Crippen molar-refractivity contribution in [2.45, 2.75) is 38.1 Å². The van der Waals surface area contributed by atoms with Crippen molar-refractivity contribution in [1.29, 1.82) is 0 Å². The van der Waals surface area contributed by atoms with Crippen LogP contribution in [0.3, 0.4) is 0 Å². The van der Waals surface area contributed by atoms with Gasteiger partial charge in [0.1, 0.15) is 5.69 Å². The van der Waals surface area contributed by atoms with Crippen LogP contribution in [0.15, 0.2) is 36.4 Å². The quantitative estimate of drug-likeness (QED) is 0.355. The van der Waals surface area contributed by atoms with Gasteiger partial charge in [0.05, 0.1) is 16.0 Å². The molecule has 2 saturated heterocycles. The van der Waals surface area contributed by atoms with Crippen molar-refractivity contribution in [3.05, 3.63) is 46.5 Å². The molecular formula is C24H27N7O2. The van der Waals surface area contributed by atoms with Gasteiger partial charge in [0, 0.05) is 36.3 Å². The average molecular weight is 446 g/mol. The SMILES string of the molecule is O=[N+]([O-])c1cccc2c(-c3nc4ccc(N5CCC(N6CCCCC6)CC5)cc4[nH]3)[nH]nc12. The van der Waals surface area contributed by atoms with Gasteiger partial charge in [0.2, 0.25) is 0 Å². The van der Waals surface area contributed by atoms with Crippen molar-refractivity contribution in [2.24, 2.45) is 0 Å². The van der Waals surface area contributed by atoms with Gasteiger partial charge in [0.25, 0.3) is 5.69 Å². The highest BCUT2D eigenvalue weighted by atomic mass is 16.6. The highest BCUT2D eigenvalue weighted by Gasteiger charge is 2.26. The highest BCUT2D eigenvalue weighted by Crippen LogP contribution is 2.32. The van der Waals surface area contributed by atoms with Crippen LogP contribution in [-0.4, -0.2) is 62.2 Å². The Morgan fingerprint density at radius 2 is 1.85 bits per heavy atom. The number of fused-ring (bicyclic) bond motifs is 2. The maximum atomic E-state index is 11.3. The number of aromatic amines is 2. The molecule has 4 heterocycles. The molecule has 2 aromatic heterocycles. The second-order valence-electron chi connectivity index (χ2n) is 9.13. The van der Waals surface area contributed by atoms with E-state index in [-0.39, 0.29) is 5.69 Å². The third kappa shape index (κ3) is 3.62. The van der Waals surface area contributed by atoms with Crippen LogP contribution in [-0.2, 0) is 0 Å². The van der Waals surface area contributed by atoms with Crippen molar-refractivity contribution in [3.8, 4) is 11.5 Å². The van der Waals surface area contributed by atoms with E-state index < -0.39 is 4.92 Å². The molecule has 2 aliphatic rings. The Morgan fingerprint density at radius 1 is 1.03 bits per heavy atom. The van der Waals surface area contributed by atoms with E-state index in [0.29, 0.717) is 22.4 Å². The molecular weight excluding hydrogens is 418 g/mol. The molecule has 9 heteroatoms. The number of nitrogens with zero attached hydrogens (tertiary/aromatic N) is 5. The van der Waals surface area contributed by atoms with Crippen LogP contribution in [0.5, 0.6) is 0 Å². The van der Waals surface area contributed by atoms with Crippen LogP contribution >= 0.6 is 0 Å². The van der Waals surface area contributed by atoms with Crippen molar-refractivity contribution in [1.82, 2.24) is 25.1 Å². The summed E-state index contributed by atoms with van der Waals surface area (Å²) in [5.41, 5.74) is 4.02. The molecule has 0 bridgehead atoms. The van der Waals surface area contributed by atoms with Gasteiger partial charge in [-0.15, -0.1) is 0 Å². The molecule has 4 aromatic rings. The van der Waals surface area contributed by atoms with E-state index in [9.17, 15) is 10.1 Å². The van der Waals surface area contributed by atoms with E-state index in [1.54, 1.807) is 6.07 Å². The maximum Gasteiger partial charge on any atom is 0.297 e. The molecule has 0 saturated carbocycles. The standard InChI is InChI=1S/C24H27N7O2/c32-31(33)21-6-4-5-18-22(21)27-28-23(18)24-25-19-8-7-17(15-20(19)26-24)30-13-9-16(10-14-30)29-11-2-1-3-12-29/h4-8,15-16H,1-3,9-14H2,(H,25,26)(H,27,28). The Morgan fingerprint density at radius 3 is 2.64 bits per heavy atom. The fraction of sp³-hybridized carbons (Fsp3) is 0.417. The second-order valence-corrected chi connectivity index (χ2v) is 9.13. The minimum Gasteiger partial charge on any atom is -0.371 e. The Balaban J connectivity index is 1.24. The summed E-state index contributed by atoms with van der Waals surface area (Å²) in [6, 6.07) is 12.0. The van der Waals surface area contributed by atoms with Crippen molar-refractivity contribution in [3.63, 3.8) is 0 Å². The largest absolute Gasteiger partial charge is 0.371 e. The number of piperidine rings is 2. The van der Waals surface area contributed by atoms with Crippen molar-refractivity contribution in [2.75, 3.05) is 31.1 Å². The van der Waals surface area contributed by atoms with E-state index in [0.717, 1.165) is 30.2 Å². The number of imidazole rings is 1. The summed E-state index contributed by atoms with van der Waals surface area (Å²) in [5, 5.41) is 19.1. The Hall–Kier alpha value is -3.46. The molecule has 2 fully saturated rings. The summed E-state index contributed by atoms with van der Waals surface area (Å²) in [6.07, 6.45) is 6.50. The maximum absolute atomic E-state index is 11.3. The van der Waals surface area contributed by atoms with Gasteiger partial charge in [-0.2, -0.15) is 5.10 Å². The van der Waals surface area contributed by atoms with E-state index >= 15 is 0 Å². The molecule has 0 spiro atoms. The van der Waals surface area contributed by atoms with E-state index in [2.05, 4.69) is 37.1 Å². The summed E-state index contributed by atoms with van der Waals surface area (Å²) in [5.74, 6) is 0.633. The molecule has 9 nitrogen and oxygen atoms in total. The van der Waals surface area contributed by atoms with E-state index in [1.807, 2.05) is 12.1 Å². The molecule has 0 atom stereocenters. The molecule has 0 radical (unpaired) electrons. The predicted molar refractivity (Wildman–Crippen MR) is 128 cm³/mol. The Kier molecular flexibility index (Phi) is 4.98. The first-order chi connectivity index (χ1) is 16.2. The number of H-pyrrole nitrogens is 2. The van der Waals surface area contributed by atoms with Crippen LogP contribution in [0.2, 0.25) is 0 Å². The van der Waals surface area contributed by atoms with Gasteiger partial charge in [-0.25, -0.2) is 4.98 Å². The molecule has 0 aliphatic carbocycles. The lowest BCUT2D eigenvalue weighted by molar-refractivity contribution is -0.383. The van der Waals surface area contributed by atoms with Gasteiger partial charge in [0.15, 0.2) is 11.3 Å². The normalized spacial score (nSPS) is 18.4. The van der Waals surface area contributed by atoms with Gasteiger partial charge in [-0.05, 0) is 63.0 Å². The van der Waals surface area contributed by atoms with Crippen LogP contribution in [0.25, 0.3) is 33.5 Å². The summed E-state index contributed by atoms with van der Waals surface area (Å²) in [6.45, 7) is 4.67. The van der Waals surface area contributed by atoms with E-state index in [1.165, 1.54) is 56.9 Å². The summed E-state index contributed by atoms with van der Waals surface area (Å²) in [7, 11) is 0. The predicted octanol–water partition coefficient (Wildman–Crippen LogP) is 4.47. The number of nitro benzene ring substituents is 1. The number of benzene rings is 2. The third-order valence-electron chi connectivity index (χ3n) is 7.20. The number of hydrogen-bond donors (Lipinski definition) is 2. The molecule has 0 amide bonds. The average Bonchev–Trinajstić information content (AvgIpc) is 3.48. The number of rotatable bonds is 4. The first kappa shape index (κ1) is 20.2. The Labute approximate surface area is 190 Å². The zero-order chi connectivity index (χ0) is 22.4. The number of non-ortho nitro benzene ring substituents is 1. The number of aromatic nitrogens is 4. The molecule has 2 aromatic carbocycles. The summed E-state index contributed by atoms with van der Waals surface area (Å²) >= 11 is 0. The molecule has 170 valence electrons. The zero-order valence-electron chi connectivity index (χ0n) is 18.5. The lowest BCUT2D eigenvalue weighted by Crippen LogP contribution is -2.46. The van der Waals surface area contributed by atoms with Gasteiger partial charge < -0.3 is 14.8 Å². The topological polar surface area (TPSA) is 107 Å². The fourth-order valence-electron chi connectivity index (χ4n) is 5.44. The van der Waals surface area contributed by atoms with Crippen molar-refractivity contribution >= 4 is 33.3 Å². The van der Waals surface area contributed by atoms with Crippen molar-refractivity contribution < 1.29 is 4.92 Å². The van der Waals surface area contributed by atoms with E-state index in [4.69, 9.17) is 4.98 Å². The Bertz CT molecular complexity index is 1310. The molecule has 33 heavy (non-hydrogen) atoms. The smallest absolute Gasteiger partial charge is 0.297 e. The number of anilines is 1. The number of hydrogen-bond acceptors (Lipinski definition) is 6. The monoisotopic (exact) mass is 445 g/mol. The number of para-hydroxylation sites is 1. The van der Waals surface area contributed by atoms with Crippen LogP contribution in [0.4, 0.5) is 11.4 Å². The summed E-state index contributed by atoms with van der Waals surface area (Å²) in [4.78, 5) is 24.2. The molecule has 6 rings (SSSR count). The number of nitrogens with one attached hydrogen (secondary N) is 2. The first-order valence-electron chi connectivity index (χ1n) is 11.8. The lowest BCUT2D eigenvalue weighted by Gasteiger charge is -2.41. The van der Waals surface area contributed by atoms with Gasteiger partial charge in [-0.1, -0.05) is 12.5 Å². The summed E-state index contributed by atoms with van der Waals surface area (Å²) < 4.78 is 0. The van der Waals surface area contributed by atoms with Gasteiger partial charge in [-0.3, -0.25) is 15.2 Å². The number of nitro groups is 1. The lowest BCUT2D eigenvalue weighted by atomic mass is 9.99. The fourth-order valence-corrected chi connectivity index (χ4v) is 5.44. The molecule has 2 N–H and O–H groups in total. The minimum absolute atomic E-state index is 0.0126. The third-order valence-corrected chi connectivity index (χ3v) is 7.20.